The van der Waals surface area contributed by atoms with Gasteiger partial charge in [0.1, 0.15) is 6.10 Å². The summed E-state index contributed by atoms with van der Waals surface area (Å²) in [5.41, 5.74) is 3.32. The molecule has 6 heteroatoms. The number of ether oxygens (including phenoxy) is 4. The summed E-state index contributed by atoms with van der Waals surface area (Å²) in [4.78, 5) is 6.93. The van der Waals surface area contributed by atoms with Crippen LogP contribution in [-0.4, -0.2) is 31.9 Å². The van der Waals surface area contributed by atoms with Gasteiger partial charge < -0.3 is 18.9 Å². The van der Waals surface area contributed by atoms with E-state index in [1.165, 1.54) is 10.4 Å². The van der Waals surface area contributed by atoms with E-state index in [1.807, 2.05) is 6.07 Å². The minimum absolute atomic E-state index is 0.153. The van der Waals surface area contributed by atoms with Crippen LogP contribution >= 0.6 is 11.3 Å². The molecule has 1 saturated heterocycles. The number of aryl methyl sites for hydroxylation is 1. The van der Waals surface area contributed by atoms with Gasteiger partial charge in [0, 0.05) is 16.5 Å². The highest BCUT2D eigenvalue weighted by molar-refractivity contribution is 7.12. The average Bonchev–Trinajstić information content (AvgIpc) is 3.23. The molecule has 5 nitrogen and oxygen atoms in total. The van der Waals surface area contributed by atoms with Crippen LogP contribution in [0, 0.1) is 6.92 Å². The summed E-state index contributed by atoms with van der Waals surface area (Å²) in [5.74, 6) is 0.620. The molecule has 4 rings (SSSR count). The molecular weight excluding hydrogens is 314 g/mol. The number of methoxy groups -OCH3 is 1. The van der Waals surface area contributed by atoms with E-state index in [-0.39, 0.29) is 12.4 Å². The van der Waals surface area contributed by atoms with E-state index in [9.17, 15) is 0 Å². The zero-order valence-electron chi connectivity index (χ0n) is 13.2. The molecule has 0 saturated carbocycles. The molecule has 23 heavy (non-hydrogen) atoms. The zero-order valence-corrected chi connectivity index (χ0v) is 14.0. The quantitative estimate of drug-likeness (QED) is 0.863. The number of nitrogens with zero attached hydrogens (tertiary/aromatic N) is 1. The Morgan fingerprint density at radius 1 is 1.17 bits per heavy atom. The zero-order chi connectivity index (χ0) is 15.8. The van der Waals surface area contributed by atoms with Crippen LogP contribution < -0.4 is 4.74 Å². The van der Waals surface area contributed by atoms with Crippen molar-refractivity contribution in [1.82, 2.24) is 4.98 Å². The predicted octanol–water partition coefficient (Wildman–Crippen LogP) is 3.17. The fraction of sp³-hybridized carbons (Fsp3) is 0.471. The van der Waals surface area contributed by atoms with Crippen molar-refractivity contribution in [2.45, 2.75) is 25.7 Å². The van der Waals surface area contributed by atoms with E-state index in [0.29, 0.717) is 25.7 Å². The molecule has 2 aromatic heterocycles. The van der Waals surface area contributed by atoms with Gasteiger partial charge in [-0.1, -0.05) is 6.07 Å². The van der Waals surface area contributed by atoms with Crippen molar-refractivity contribution in [1.29, 1.82) is 0 Å². The van der Waals surface area contributed by atoms with Crippen LogP contribution in [0.25, 0.3) is 0 Å². The minimum Gasteiger partial charge on any atom is -0.481 e. The Morgan fingerprint density at radius 2 is 2.00 bits per heavy atom. The van der Waals surface area contributed by atoms with Crippen LogP contribution in [0.2, 0.25) is 0 Å². The smallest absolute Gasteiger partial charge is 0.213 e. The highest BCUT2D eigenvalue weighted by atomic mass is 32.1. The molecule has 1 fully saturated rings. The van der Waals surface area contributed by atoms with Gasteiger partial charge in [-0.15, -0.1) is 11.3 Å². The Bertz CT molecular complexity index is 709. The maximum absolute atomic E-state index is 6.05. The normalized spacial score (nSPS) is 21.4. The molecule has 1 atom stereocenters. The molecule has 2 aliphatic heterocycles. The first-order valence-corrected chi connectivity index (χ1v) is 8.57. The van der Waals surface area contributed by atoms with Crippen LogP contribution in [0.4, 0.5) is 0 Å². The first kappa shape index (κ1) is 15.1. The molecule has 0 unspecified atom stereocenters. The van der Waals surface area contributed by atoms with Gasteiger partial charge in [0.2, 0.25) is 5.88 Å². The Morgan fingerprint density at radius 3 is 2.78 bits per heavy atom. The summed E-state index contributed by atoms with van der Waals surface area (Å²) in [7, 11) is 1.64. The van der Waals surface area contributed by atoms with Crippen molar-refractivity contribution >= 4 is 11.3 Å². The summed E-state index contributed by atoms with van der Waals surface area (Å²) in [6.07, 6.45) is 0.488. The van der Waals surface area contributed by atoms with Crippen molar-refractivity contribution in [3.8, 4) is 5.88 Å². The minimum atomic E-state index is -0.242. The number of hydrogen-bond donors (Lipinski definition) is 0. The van der Waals surface area contributed by atoms with Gasteiger partial charge in [0.05, 0.1) is 37.5 Å². The Kier molecular flexibility index (Phi) is 4.07. The molecule has 122 valence electrons. The van der Waals surface area contributed by atoms with Crippen molar-refractivity contribution < 1.29 is 18.9 Å². The third-order valence-corrected chi connectivity index (χ3v) is 5.30. The monoisotopic (exact) mass is 333 g/mol. The van der Waals surface area contributed by atoms with E-state index < -0.39 is 0 Å². The molecule has 4 heterocycles. The second kappa shape index (κ2) is 6.20. The Labute approximate surface area is 139 Å². The van der Waals surface area contributed by atoms with Gasteiger partial charge in [-0.3, -0.25) is 0 Å². The number of pyridine rings is 1. The second-order valence-electron chi connectivity index (χ2n) is 5.63. The average molecular weight is 333 g/mol. The highest BCUT2D eigenvalue weighted by Gasteiger charge is 2.29. The van der Waals surface area contributed by atoms with Crippen LogP contribution in [0.1, 0.15) is 39.0 Å². The lowest BCUT2D eigenvalue weighted by Crippen LogP contribution is -2.19. The highest BCUT2D eigenvalue weighted by Crippen LogP contribution is 2.40. The Balaban J connectivity index is 1.71. The van der Waals surface area contributed by atoms with Gasteiger partial charge in [-0.25, -0.2) is 4.98 Å². The summed E-state index contributed by atoms with van der Waals surface area (Å²) < 4.78 is 22.6. The third-order valence-electron chi connectivity index (χ3n) is 4.21. The lowest BCUT2D eigenvalue weighted by atomic mass is 9.98. The number of hydrogen-bond acceptors (Lipinski definition) is 6. The fourth-order valence-electron chi connectivity index (χ4n) is 3.06. The van der Waals surface area contributed by atoms with E-state index in [2.05, 4.69) is 24.0 Å². The van der Waals surface area contributed by atoms with Gasteiger partial charge in [-0.2, -0.15) is 0 Å². The molecule has 0 bridgehead atoms. The first-order valence-electron chi connectivity index (χ1n) is 7.75. The predicted molar refractivity (Wildman–Crippen MR) is 86.0 cm³/mol. The number of rotatable bonds is 3. The molecular formula is C17H19NO4S. The van der Waals surface area contributed by atoms with E-state index >= 15 is 0 Å². The fourth-order valence-corrected chi connectivity index (χ4v) is 4.11. The largest absolute Gasteiger partial charge is 0.481 e. The topological polar surface area (TPSA) is 49.8 Å². The van der Waals surface area contributed by atoms with Gasteiger partial charge in [0.15, 0.2) is 6.29 Å². The van der Waals surface area contributed by atoms with Crippen LogP contribution in [0.5, 0.6) is 5.88 Å². The van der Waals surface area contributed by atoms with E-state index in [4.69, 9.17) is 18.9 Å². The standard InChI is InChI=1S/C17H19NO4S/c1-10-12(9-13(23-10)17-21-7-8-22-17)16-15-11(5-6-20-16)3-4-14(18-15)19-2/h3-4,9,16-17H,5-8H2,1-2H3/t16-/m1/s1. The molecule has 2 aliphatic rings. The SMILES string of the molecule is COc1ccc2c(n1)[C@@H](c1cc(C3OCCO3)sc1C)OCC2. The van der Waals surface area contributed by atoms with Gasteiger partial charge in [0.25, 0.3) is 0 Å². The van der Waals surface area contributed by atoms with E-state index in [1.54, 1.807) is 18.4 Å². The summed E-state index contributed by atoms with van der Waals surface area (Å²) in [6, 6.07) is 6.13. The number of thiophene rings is 1. The molecule has 0 N–H and O–H groups in total. The molecule has 0 radical (unpaired) electrons. The first-order chi connectivity index (χ1) is 11.3. The summed E-state index contributed by atoms with van der Waals surface area (Å²) in [6.45, 7) is 4.11. The lowest BCUT2D eigenvalue weighted by molar-refractivity contribution is -0.0414. The van der Waals surface area contributed by atoms with Gasteiger partial charge >= 0.3 is 0 Å². The molecule has 0 aliphatic carbocycles. The Hall–Kier alpha value is -1.47. The molecule has 0 spiro atoms. The number of aromatic nitrogens is 1. The summed E-state index contributed by atoms with van der Waals surface area (Å²) in [5, 5.41) is 0. The van der Waals surface area contributed by atoms with Crippen LogP contribution in [0.15, 0.2) is 18.2 Å². The third kappa shape index (κ3) is 2.76. The van der Waals surface area contributed by atoms with Gasteiger partial charge in [-0.05, 0) is 25.0 Å². The summed E-state index contributed by atoms with van der Waals surface area (Å²) >= 11 is 1.70. The number of fused-ring (bicyclic) bond motifs is 1. The van der Waals surface area contributed by atoms with E-state index in [0.717, 1.165) is 22.6 Å². The maximum atomic E-state index is 6.05. The van der Waals surface area contributed by atoms with Crippen LogP contribution in [-0.2, 0) is 20.6 Å². The van der Waals surface area contributed by atoms with Crippen molar-refractivity contribution in [2.75, 3.05) is 26.9 Å². The molecule has 0 aromatic carbocycles. The second-order valence-corrected chi connectivity index (χ2v) is 6.92. The molecule has 0 amide bonds. The van der Waals surface area contributed by atoms with Crippen molar-refractivity contribution in [3.05, 3.63) is 44.8 Å². The molecule has 2 aromatic rings. The lowest BCUT2D eigenvalue weighted by Gasteiger charge is -2.25. The maximum Gasteiger partial charge on any atom is 0.213 e. The van der Waals surface area contributed by atoms with Crippen LogP contribution in [0.3, 0.4) is 0 Å². The van der Waals surface area contributed by atoms with Crippen molar-refractivity contribution in [2.24, 2.45) is 0 Å². The van der Waals surface area contributed by atoms with Crippen molar-refractivity contribution in [3.63, 3.8) is 0 Å².